The molecule has 0 aromatic carbocycles. The van der Waals surface area contributed by atoms with E-state index in [1.165, 1.54) is 31.0 Å². The van der Waals surface area contributed by atoms with E-state index in [-0.39, 0.29) is 5.91 Å². The molecular weight excluding hydrogens is 238 g/mol. The summed E-state index contributed by atoms with van der Waals surface area (Å²) in [6.45, 7) is 2.93. The van der Waals surface area contributed by atoms with Crippen molar-refractivity contribution in [2.75, 3.05) is 12.3 Å². The highest BCUT2D eigenvalue weighted by atomic mass is 32.2. The molecule has 1 heterocycles. The first-order valence-corrected chi connectivity index (χ1v) is 6.84. The summed E-state index contributed by atoms with van der Waals surface area (Å²) in [6, 6.07) is 0. The van der Waals surface area contributed by atoms with Crippen LogP contribution >= 0.6 is 11.8 Å². The van der Waals surface area contributed by atoms with Gasteiger partial charge in [-0.15, -0.1) is 5.10 Å². The van der Waals surface area contributed by atoms with Gasteiger partial charge in [-0.05, 0) is 16.8 Å². The maximum absolute atomic E-state index is 11.5. The van der Waals surface area contributed by atoms with E-state index < -0.39 is 0 Å². The number of tetrazole rings is 1. The Hall–Kier alpha value is -1.11. The van der Waals surface area contributed by atoms with Gasteiger partial charge in [0.25, 0.3) is 0 Å². The molecule has 0 spiro atoms. The number of unbranched alkanes of at least 4 members (excludes halogenated alkanes) is 3. The molecule has 0 fully saturated rings. The largest absolute Gasteiger partial charge is 0.355 e. The van der Waals surface area contributed by atoms with Crippen molar-refractivity contribution in [3.05, 3.63) is 0 Å². The van der Waals surface area contributed by atoms with E-state index in [4.69, 9.17) is 0 Å². The number of carbonyl (C=O) groups excluding carboxylic acids is 1. The fourth-order valence-electron chi connectivity index (χ4n) is 1.30. The Morgan fingerprint density at radius 2 is 2.24 bits per heavy atom. The molecule has 7 heteroatoms. The van der Waals surface area contributed by atoms with Gasteiger partial charge in [0.05, 0.1) is 5.75 Å². The van der Waals surface area contributed by atoms with Gasteiger partial charge in [-0.2, -0.15) is 0 Å². The van der Waals surface area contributed by atoms with Gasteiger partial charge >= 0.3 is 0 Å². The molecule has 0 unspecified atom stereocenters. The summed E-state index contributed by atoms with van der Waals surface area (Å²) in [5.41, 5.74) is 0. The van der Waals surface area contributed by atoms with Crippen molar-refractivity contribution in [3.63, 3.8) is 0 Å². The van der Waals surface area contributed by atoms with Crippen LogP contribution in [0.15, 0.2) is 5.16 Å². The molecule has 96 valence electrons. The first-order valence-electron chi connectivity index (χ1n) is 5.86. The standard InChI is InChI=1S/C10H19N5OS/c1-3-4-5-6-7-11-9(16)8-17-10-12-13-14-15(10)2/h3-8H2,1-2H3,(H,11,16). The van der Waals surface area contributed by atoms with Gasteiger partial charge in [0.2, 0.25) is 11.1 Å². The highest BCUT2D eigenvalue weighted by Crippen LogP contribution is 2.11. The van der Waals surface area contributed by atoms with Crippen molar-refractivity contribution in [2.24, 2.45) is 7.05 Å². The van der Waals surface area contributed by atoms with Crippen molar-refractivity contribution in [3.8, 4) is 0 Å². The van der Waals surface area contributed by atoms with Crippen LogP contribution in [-0.2, 0) is 11.8 Å². The summed E-state index contributed by atoms with van der Waals surface area (Å²) in [7, 11) is 1.75. The topological polar surface area (TPSA) is 72.7 Å². The number of aryl methyl sites for hydroxylation is 1. The van der Waals surface area contributed by atoms with Crippen molar-refractivity contribution in [2.45, 2.75) is 37.8 Å². The predicted octanol–water partition coefficient (Wildman–Crippen LogP) is 0.999. The second kappa shape index (κ2) is 8.05. The Morgan fingerprint density at radius 3 is 2.88 bits per heavy atom. The highest BCUT2D eigenvalue weighted by Gasteiger charge is 2.06. The van der Waals surface area contributed by atoms with Crippen LogP contribution in [0.2, 0.25) is 0 Å². The Balaban J connectivity index is 2.07. The summed E-state index contributed by atoms with van der Waals surface area (Å²) in [5.74, 6) is 0.400. The normalized spacial score (nSPS) is 10.5. The molecule has 1 rings (SSSR count). The number of rotatable bonds is 8. The van der Waals surface area contributed by atoms with E-state index in [2.05, 4.69) is 27.8 Å². The molecule has 0 radical (unpaired) electrons. The molecule has 0 saturated carbocycles. The lowest BCUT2D eigenvalue weighted by Crippen LogP contribution is -2.26. The molecule has 0 atom stereocenters. The van der Waals surface area contributed by atoms with Crippen LogP contribution in [-0.4, -0.2) is 38.4 Å². The first-order chi connectivity index (χ1) is 8.24. The maximum Gasteiger partial charge on any atom is 0.230 e. The number of thioether (sulfide) groups is 1. The summed E-state index contributed by atoms with van der Waals surface area (Å²) < 4.78 is 1.55. The van der Waals surface area contributed by atoms with Gasteiger partial charge in [-0.3, -0.25) is 4.79 Å². The maximum atomic E-state index is 11.5. The monoisotopic (exact) mass is 257 g/mol. The lowest BCUT2D eigenvalue weighted by atomic mass is 10.2. The summed E-state index contributed by atoms with van der Waals surface area (Å²) in [4.78, 5) is 11.5. The van der Waals surface area contributed by atoms with E-state index in [1.807, 2.05) is 0 Å². The first kappa shape index (κ1) is 14.0. The fourth-order valence-corrected chi connectivity index (χ4v) is 1.98. The molecule has 6 nitrogen and oxygen atoms in total. The van der Waals surface area contributed by atoms with Gasteiger partial charge in [0, 0.05) is 13.6 Å². The molecule has 0 aliphatic rings. The quantitative estimate of drug-likeness (QED) is 0.555. The minimum absolute atomic E-state index is 0.0366. The number of nitrogens with one attached hydrogen (secondary N) is 1. The third-order valence-electron chi connectivity index (χ3n) is 2.27. The molecule has 1 amide bonds. The van der Waals surface area contributed by atoms with Crippen LogP contribution in [0.5, 0.6) is 0 Å². The molecule has 0 aliphatic carbocycles. The van der Waals surface area contributed by atoms with Gasteiger partial charge in [0.1, 0.15) is 0 Å². The van der Waals surface area contributed by atoms with E-state index in [0.717, 1.165) is 13.0 Å². The molecule has 0 bridgehead atoms. The lowest BCUT2D eigenvalue weighted by molar-refractivity contribution is -0.118. The molecule has 1 N–H and O–H groups in total. The smallest absolute Gasteiger partial charge is 0.230 e. The second-order valence-electron chi connectivity index (χ2n) is 3.78. The summed E-state index contributed by atoms with van der Waals surface area (Å²) in [5, 5.41) is 14.5. The SMILES string of the molecule is CCCCCCNC(=O)CSc1nnnn1C. The third kappa shape index (κ3) is 5.67. The number of nitrogens with zero attached hydrogens (tertiary/aromatic N) is 4. The van der Waals surface area contributed by atoms with Crippen LogP contribution in [0.3, 0.4) is 0 Å². The second-order valence-corrected chi connectivity index (χ2v) is 4.73. The third-order valence-corrected chi connectivity index (χ3v) is 3.28. The van der Waals surface area contributed by atoms with Crippen LogP contribution in [0.4, 0.5) is 0 Å². The average molecular weight is 257 g/mol. The van der Waals surface area contributed by atoms with Crippen LogP contribution < -0.4 is 5.32 Å². The number of hydrogen-bond donors (Lipinski definition) is 1. The Bertz CT molecular complexity index is 341. The van der Waals surface area contributed by atoms with Crippen LogP contribution in [0.1, 0.15) is 32.6 Å². The number of carbonyl (C=O) groups is 1. The number of amides is 1. The predicted molar refractivity (Wildman–Crippen MR) is 66.7 cm³/mol. The fraction of sp³-hybridized carbons (Fsp3) is 0.800. The van der Waals surface area contributed by atoms with Crippen molar-refractivity contribution in [1.29, 1.82) is 0 Å². The van der Waals surface area contributed by atoms with Crippen LogP contribution in [0.25, 0.3) is 0 Å². The molecule has 0 aliphatic heterocycles. The van der Waals surface area contributed by atoms with Crippen molar-refractivity contribution in [1.82, 2.24) is 25.5 Å². The molecule has 1 aromatic heterocycles. The van der Waals surface area contributed by atoms with E-state index in [0.29, 0.717) is 10.9 Å². The van der Waals surface area contributed by atoms with E-state index in [1.54, 1.807) is 11.7 Å². The Morgan fingerprint density at radius 1 is 1.41 bits per heavy atom. The highest BCUT2D eigenvalue weighted by molar-refractivity contribution is 7.99. The minimum Gasteiger partial charge on any atom is -0.355 e. The van der Waals surface area contributed by atoms with Crippen LogP contribution in [0, 0.1) is 0 Å². The van der Waals surface area contributed by atoms with E-state index in [9.17, 15) is 4.79 Å². The van der Waals surface area contributed by atoms with Gasteiger partial charge in [-0.1, -0.05) is 37.9 Å². The lowest BCUT2D eigenvalue weighted by Gasteiger charge is -2.03. The Labute approximate surface area is 106 Å². The number of aromatic nitrogens is 4. The molecule has 0 saturated heterocycles. The Kier molecular flexibility index (Phi) is 6.61. The summed E-state index contributed by atoms with van der Waals surface area (Å²) in [6.07, 6.45) is 4.67. The molecular formula is C10H19N5OS. The zero-order chi connectivity index (χ0) is 12.5. The van der Waals surface area contributed by atoms with Gasteiger partial charge in [0.15, 0.2) is 0 Å². The van der Waals surface area contributed by atoms with Crippen molar-refractivity contribution < 1.29 is 4.79 Å². The van der Waals surface area contributed by atoms with E-state index >= 15 is 0 Å². The zero-order valence-corrected chi connectivity index (χ0v) is 11.2. The minimum atomic E-state index is 0.0366. The molecule has 1 aromatic rings. The zero-order valence-electron chi connectivity index (χ0n) is 10.3. The summed E-state index contributed by atoms with van der Waals surface area (Å²) >= 11 is 1.34. The van der Waals surface area contributed by atoms with Gasteiger partial charge < -0.3 is 5.32 Å². The van der Waals surface area contributed by atoms with Gasteiger partial charge in [-0.25, -0.2) is 4.68 Å². The number of hydrogen-bond acceptors (Lipinski definition) is 5. The average Bonchev–Trinajstić information content (AvgIpc) is 2.72. The molecule has 17 heavy (non-hydrogen) atoms. The van der Waals surface area contributed by atoms with Crippen molar-refractivity contribution >= 4 is 17.7 Å².